The van der Waals surface area contributed by atoms with Gasteiger partial charge in [0.1, 0.15) is 6.54 Å². The molecule has 30 heavy (non-hydrogen) atoms. The molecule has 0 N–H and O–H groups in total. The molecule has 5 rings (SSSR count). The molecule has 3 aliphatic rings. The summed E-state index contributed by atoms with van der Waals surface area (Å²) >= 11 is 0. The fourth-order valence-corrected chi connectivity index (χ4v) is 5.03. The number of rotatable bonds is 5. The minimum absolute atomic E-state index is 0.109. The van der Waals surface area contributed by atoms with Crippen LogP contribution < -0.4 is 0 Å². The number of carbonyl (C=O) groups excluding carboxylic acids is 1. The molecule has 0 aromatic carbocycles. The van der Waals surface area contributed by atoms with Gasteiger partial charge in [0, 0.05) is 38.2 Å². The van der Waals surface area contributed by atoms with Crippen LogP contribution >= 0.6 is 0 Å². The zero-order chi connectivity index (χ0) is 20.6. The van der Waals surface area contributed by atoms with E-state index in [9.17, 15) is 4.79 Å². The third kappa shape index (κ3) is 4.15. The van der Waals surface area contributed by atoms with Crippen molar-refractivity contribution in [2.24, 2.45) is 5.92 Å². The number of nitrogens with zero attached hydrogens (tertiary/aromatic N) is 5. The summed E-state index contributed by atoms with van der Waals surface area (Å²) in [6, 6.07) is 1.92. The van der Waals surface area contributed by atoms with Crippen LogP contribution in [0.2, 0.25) is 0 Å². The third-order valence-electron chi connectivity index (χ3n) is 7.10. The monoisotopic (exact) mass is 413 g/mol. The highest BCUT2D eigenvalue weighted by Gasteiger charge is 2.41. The van der Waals surface area contributed by atoms with Gasteiger partial charge in [0.05, 0.1) is 11.3 Å². The Labute approximate surface area is 177 Å². The van der Waals surface area contributed by atoms with Crippen molar-refractivity contribution >= 4 is 5.91 Å². The van der Waals surface area contributed by atoms with Gasteiger partial charge in [-0.05, 0) is 57.4 Å². The van der Waals surface area contributed by atoms with Crippen molar-refractivity contribution in [3.8, 4) is 0 Å². The lowest BCUT2D eigenvalue weighted by molar-refractivity contribution is -0.147. The van der Waals surface area contributed by atoms with E-state index in [1.807, 2.05) is 24.1 Å². The molecule has 0 bridgehead atoms. The van der Waals surface area contributed by atoms with E-state index < -0.39 is 0 Å². The van der Waals surface area contributed by atoms with Gasteiger partial charge in [0.2, 0.25) is 11.8 Å². The van der Waals surface area contributed by atoms with Gasteiger partial charge in [-0.3, -0.25) is 9.48 Å². The average molecular weight is 414 g/mol. The molecule has 2 aromatic rings. The predicted molar refractivity (Wildman–Crippen MR) is 109 cm³/mol. The fraction of sp³-hybridized carbons (Fsp3) is 0.727. The van der Waals surface area contributed by atoms with E-state index in [4.69, 9.17) is 9.26 Å². The standard InChI is InChI=1S/C22H31N5O3/c1-16-5-9-27(24-16)15-20(28)26-10-7-22(8-11-26)14-17(6-12-29-22)13-19-23-21(30-25-19)18-3-2-4-18/h5,9,17-18H,2-4,6-8,10-15H2,1H3. The van der Waals surface area contributed by atoms with Crippen LogP contribution in [0.3, 0.4) is 0 Å². The Bertz CT molecular complexity index is 879. The molecule has 1 saturated carbocycles. The molecule has 1 atom stereocenters. The summed E-state index contributed by atoms with van der Waals surface area (Å²) in [5.74, 6) is 2.81. The van der Waals surface area contributed by atoms with Crippen LogP contribution in [-0.2, 0) is 22.5 Å². The van der Waals surface area contributed by atoms with Crippen LogP contribution in [0.15, 0.2) is 16.8 Å². The van der Waals surface area contributed by atoms with E-state index >= 15 is 0 Å². The number of aromatic nitrogens is 4. The molecule has 1 unspecified atom stereocenters. The highest BCUT2D eigenvalue weighted by atomic mass is 16.5. The molecule has 2 saturated heterocycles. The van der Waals surface area contributed by atoms with Crippen LogP contribution in [0.4, 0.5) is 0 Å². The summed E-state index contributed by atoms with van der Waals surface area (Å²) in [5.41, 5.74) is 0.825. The summed E-state index contributed by atoms with van der Waals surface area (Å²) in [7, 11) is 0. The largest absolute Gasteiger partial charge is 0.375 e. The number of hydrogen-bond donors (Lipinski definition) is 0. The number of piperidine rings is 1. The Hall–Kier alpha value is -2.22. The van der Waals surface area contributed by atoms with E-state index in [-0.39, 0.29) is 11.5 Å². The van der Waals surface area contributed by atoms with Gasteiger partial charge in [-0.1, -0.05) is 11.6 Å². The van der Waals surface area contributed by atoms with Gasteiger partial charge in [-0.25, -0.2) is 0 Å². The first-order chi connectivity index (χ1) is 14.6. The maximum Gasteiger partial charge on any atom is 0.244 e. The van der Waals surface area contributed by atoms with E-state index in [0.717, 1.165) is 69.2 Å². The number of amides is 1. The number of hydrogen-bond acceptors (Lipinski definition) is 6. The maximum atomic E-state index is 12.6. The number of carbonyl (C=O) groups is 1. The molecule has 2 aromatic heterocycles. The lowest BCUT2D eigenvalue weighted by Gasteiger charge is -2.46. The molecule has 4 heterocycles. The molecule has 1 amide bonds. The predicted octanol–water partition coefficient (Wildman–Crippen LogP) is 2.87. The fourth-order valence-electron chi connectivity index (χ4n) is 5.03. The molecule has 3 fully saturated rings. The Morgan fingerprint density at radius 1 is 1.27 bits per heavy atom. The maximum absolute atomic E-state index is 12.6. The van der Waals surface area contributed by atoms with Crippen molar-refractivity contribution in [3.05, 3.63) is 29.7 Å². The zero-order valence-corrected chi connectivity index (χ0v) is 17.8. The van der Waals surface area contributed by atoms with Crippen LogP contribution in [0.1, 0.15) is 68.3 Å². The van der Waals surface area contributed by atoms with Gasteiger partial charge in [-0.2, -0.15) is 10.1 Å². The molecule has 0 radical (unpaired) electrons. The Morgan fingerprint density at radius 2 is 2.10 bits per heavy atom. The summed E-state index contributed by atoms with van der Waals surface area (Å²) in [6.45, 7) is 4.52. The van der Waals surface area contributed by atoms with Crippen LogP contribution in [0.25, 0.3) is 0 Å². The van der Waals surface area contributed by atoms with Gasteiger partial charge >= 0.3 is 0 Å². The molecule has 8 heteroatoms. The van der Waals surface area contributed by atoms with E-state index in [1.165, 1.54) is 19.3 Å². The van der Waals surface area contributed by atoms with Gasteiger partial charge in [0.25, 0.3) is 0 Å². The molecular formula is C22H31N5O3. The van der Waals surface area contributed by atoms with Gasteiger partial charge in [-0.15, -0.1) is 0 Å². The second-order valence-electron chi connectivity index (χ2n) is 9.31. The average Bonchev–Trinajstić information content (AvgIpc) is 3.30. The second kappa shape index (κ2) is 8.13. The molecule has 1 spiro atoms. The number of likely N-dealkylation sites (tertiary alicyclic amines) is 1. The Balaban J connectivity index is 1.14. The van der Waals surface area contributed by atoms with Crippen LogP contribution in [0.5, 0.6) is 0 Å². The molecule has 162 valence electrons. The molecule has 8 nitrogen and oxygen atoms in total. The second-order valence-corrected chi connectivity index (χ2v) is 9.31. The van der Waals surface area contributed by atoms with E-state index in [2.05, 4.69) is 15.2 Å². The number of aryl methyl sites for hydroxylation is 1. The van der Waals surface area contributed by atoms with Gasteiger partial charge < -0.3 is 14.2 Å². The zero-order valence-electron chi connectivity index (χ0n) is 17.8. The quantitative estimate of drug-likeness (QED) is 0.749. The Morgan fingerprint density at radius 3 is 2.80 bits per heavy atom. The van der Waals surface area contributed by atoms with Crippen LogP contribution in [-0.4, -0.2) is 56.0 Å². The summed E-state index contributed by atoms with van der Waals surface area (Å²) in [5, 5.41) is 8.56. The topological polar surface area (TPSA) is 86.3 Å². The van der Waals surface area contributed by atoms with Crippen molar-refractivity contribution < 1.29 is 14.1 Å². The van der Waals surface area contributed by atoms with Crippen LogP contribution in [0, 0.1) is 12.8 Å². The minimum Gasteiger partial charge on any atom is -0.375 e. The van der Waals surface area contributed by atoms with E-state index in [1.54, 1.807) is 4.68 Å². The van der Waals surface area contributed by atoms with E-state index in [0.29, 0.717) is 18.4 Å². The normalized spacial score (nSPS) is 24.2. The van der Waals surface area contributed by atoms with Crippen molar-refractivity contribution in [1.29, 1.82) is 0 Å². The molecule has 1 aliphatic carbocycles. The highest BCUT2D eigenvalue weighted by Crippen LogP contribution is 2.39. The third-order valence-corrected chi connectivity index (χ3v) is 7.10. The van der Waals surface area contributed by atoms with Crippen molar-refractivity contribution in [2.75, 3.05) is 19.7 Å². The summed E-state index contributed by atoms with van der Waals surface area (Å²) in [4.78, 5) is 19.3. The first-order valence-electron chi connectivity index (χ1n) is 11.3. The summed E-state index contributed by atoms with van der Waals surface area (Å²) < 4.78 is 13.5. The minimum atomic E-state index is -0.109. The molecular weight excluding hydrogens is 382 g/mol. The first kappa shape index (κ1) is 19.7. The molecule has 2 aliphatic heterocycles. The lowest BCUT2D eigenvalue weighted by Crippen LogP contribution is -2.51. The number of ether oxygens (including phenoxy) is 1. The smallest absolute Gasteiger partial charge is 0.244 e. The van der Waals surface area contributed by atoms with Crippen molar-refractivity contribution in [3.63, 3.8) is 0 Å². The van der Waals surface area contributed by atoms with Crippen molar-refractivity contribution in [2.45, 2.75) is 76.4 Å². The Kier molecular flexibility index (Phi) is 5.35. The summed E-state index contributed by atoms with van der Waals surface area (Å²) in [6.07, 6.45) is 10.2. The first-order valence-corrected chi connectivity index (χ1v) is 11.3. The highest BCUT2D eigenvalue weighted by molar-refractivity contribution is 5.76. The lowest BCUT2D eigenvalue weighted by atomic mass is 9.78. The SMILES string of the molecule is Cc1ccn(CC(=O)N2CCC3(CC2)CC(Cc2noc(C4CCC4)n2)CCO3)n1. The van der Waals surface area contributed by atoms with Crippen molar-refractivity contribution in [1.82, 2.24) is 24.8 Å². The van der Waals surface area contributed by atoms with Gasteiger partial charge in [0.15, 0.2) is 5.82 Å².